The number of hydrazine groups is 1. The average Bonchev–Trinajstić information content (AvgIpc) is 2.82. The highest BCUT2D eigenvalue weighted by Gasteiger charge is 2.45. The van der Waals surface area contributed by atoms with Gasteiger partial charge in [0.1, 0.15) is 12.3 Å². The normalized spacial score (nSPS) is 13.4. The molecule has 1 aromatic carbocycles. The zero-order valence-electron chi connectivity index (χ0n) is 18.9. The Morgan fingerprint density at radius 2 is 1.91 bits per heavy atom. The Labute approximate surface area is 201 Å². The number of carbonyl (C=O) groups excluding carboxylic acids is 2. The first-order chi connectivity index (χ1) is 16.2. The number of halogens is 3. The van der Waals surface area contributed by atoms with Crippen molar-refractivity contribution in [1.82, 2.24) is 20.7 Å². The van der Waals surface area contributed by atoms with Crippen LogP contribution in [-0.4, -0.2) is 52.9 Å². The SMILES string of the molecule is CCSc1ccc(CNC(=O)c2ccc(CN(CC)NC(C(C=N)C=O)C(F)(F)F)nc2)cc1. The Balaban J connectivity index is 1.97. The number of thioether (sulfide) groups is 1. The van der Waals surface area contributed by atoms with E-state index in [1.54, 1.807) is 30.8 Å². The maximum Gasteiger partial charge on any atom is 0.406 e. The van der Waals surface area contributed by atoms with Gasteiger partial charge in [0.15, 0.2) is 0 Å². The Hall–Kier alpha value is -2.76. The van der Waals surface area contributed by atoms with E-state index < -0.39 is 18.1 Å². The van der Waals surface area contributed by atoms with Gasteiger partial charge in [-0.2, -0.15) is 13.2 Å². The Morgan fingerprint density at radius 1 is 1.21 bits per heavy atom. The number of hydrogen-bond donors (Lipinski definition) is 3. The van der Waals surface area contributed by atoms with E-state index >= 15 is 0 Å². The lowest BCUT2D eigenvalue weighted by Gasteiger charge is -2.31. The largest absolute Gasteiger partial charge is 0.406 e. The molecule has 0 aliphatic carbocycles. The predicted octanol–water partition coefficient (Wildman–Crippen LogP) is 3.85. The summed E-state index contributed by atoms with van der Waals surface area (Å²) < 4.78 is 40.1. The lowest BCUT2D eigenvalue weighted by Crippen LogP contribution is -2.55. The molecule has 0 radical (unpaired) electrons. The highest BCUT2D eigenvalue weighted by molar-refractivity contribution is 7.99. The van der Waals surface area contributed by atoms with Crippen LogP contribution in [0.5, 0.6) is 0 Å². The van der Waals surface area contributed by atoms with E-state index in [-0.39, 0.29) is 25.3 Å². The quantitative estimate of drug-likeness (QED) is 0.169. The van der Waals surface area contributed by atoms with Crippen molar-refractivity contribution >= 4 is 30.2 Å². The maximum absolute atomic E-state index is 13.4. The minimum absolute atomic E-state index is 0.0106. The van der Waals surface area contributed by atoms with Gasteiger partial charge >= 0.3 is 6.18 Å². The summed E-state index contributed by atoms with van der Waals surface area (Å²) in [5, 5.41) is 11.2. The fraction of sp³-hybridized carbons (Fsp3) is 0.391. The highest BCUT2D eigenvalue weighted by atomic mass is 32.2. The summed E-state index contributed by atoms with van der Waals surface area (Å²) in [6.07, 6.45) is -2.79. The zero-order chi connectivity index (χ0) is 25.1. The predicted molar refractivity (Wildman–Crippen MR) is 126 cm³/mol. The van der Waals surface area contributed by atoms with Crippen molar-refractivity contribution in [3.63, 3.8) is 0 Å². The monoisotopic (exact) mass is 495 g/mol. The van der Waals surface area contributed by atoms with Crippen molar-refractivity contribution in [1.29, 1.82) is 5.41 Å². The van der Waals surface area contributed by atoms with E-state index in [0.717, 1.165) is 16.2 Å². The number of aldehydes is 1. The van der Waals surface area contributed by atoms with Crippen LogP contribution in [0.1, 0.15) is 35.5 Å². The van der Waals surface area contributed by atoms with Crippen molar-refractivity contribution in [3.05, 3.63) is 59.4 Å². The summed E-state index contributed by atoms with van der Waals surface area (Å²) in [6.45, 7) is 4.28. The Kier molecular flexibility index (Phi) is 10.7. The summed E-state index contributed by atoms with van der Waals surface area (Å²) >= 11 is 1.74. The number of carbonyl (C=O) groups is 2. The Morgan fingerprint density at radius 3 is 2.41 bits per heavy atom. The number of nitrogens with one attached hydrogen (secondary N) is 3. The number of alkyl halides is 3. The molecule has 1 amide bonds. The molecule has 2 aromatic rings. The smallest absolute Gasteiger partial charge is 0.348 e. The second-order valence-electron chi connectivity index (χ2n) is 7.34. The summed E-state index contributed by atoms with van der Waals surface area (Å²) in [5.41, 5.74) is 4.01. The second-order valence-corrected chi connectivity index (χ2v) is 8.68. The Bertz CT molecular complexity index is 931. The number of rotatable bonds is 13. The van der Waals surface area contributed by atoms with Crippen molar-refractivity contribution in [2.24, 2.45) is 5.92 Å². The maximum atomic E-state index is 13.4. The van der Waals surface area contributed by atoms with E-state index in [9.17, 15) is 22.8 Å². The van der Waals surface area contributed by atoms with Gasteiger partial charge in [0.2, 0.25) is 0 Å². The molecule has 0 saturated carbocycles. The summed E-state index contributed by atoms with van der Waals surface area (Å²) in [7, 11) is 0. The van der Waals surface area contributed by atoms with Crippen molar-refractivity contribution in [2.75, 3.05) is 12.3 Å². The molecule has 2 rings (SSSR count). The minimum Gasteiger partial charge on any atom is -0.348 e. The van der Waals surface area contributed by atoms with Crippen LogP contribution in [0, 0.1) is 11.3 Å². The molecule has 34 heavy (non-hydrogen) atoms. The van der Waals surface area contributed by atoms with Crippen molar-refractivity contribution in [2.45, 2.75) is 44.1 Å². The van der Waals surface area contributed by atoms with Crippen LogP contribution in [0.3, 0.4) is 0 Å². The molecular weight excluding hydrogens is 467 g/mol. The van der Waals surface area contributed by atoms with Gasteiger partial charge in [-0.3, -0.25) is 9.78 Å². The molecule has 0 aliphatic heterocycles. The number of amides is 1. The molecule has 0 aliphatic rings. The zero-order valence-corrected chi connectivity index (χ0v) is 19.7. The van der Waals surface area contributed by atoms with Gasteiger partial charge in [-0.15, -0.1) is 11.8 Å². The molecule has 11 heteroatoms. The van der Waals surface area contributed by atoms with Crippen molar-refractivity contribution in [3.8, 4) is 0 Å². The fourth-order valence-electron chi connectivity index (χ4n) is 3.04. The van der Waals surface area contributed by atoms with E-state index in [4.69, 9.17) is 5.41 Å². The molecule has 0 saturated heterocycles. The lowest BCUT2D eigenvalue weighted by atomic mass is 10.0. The van der Waals surface area contributed by atoms with E-state index in [1.165, 1.54) is 11.2 Å². The van der Waals surface area contributed by atoms with Crippen LogP contribution in [0.4, 0.5) is 13.2 Å². The second kappa shape index (κ2) is 13.2. The van der Waals surface area contributed by atoms with E-state index in [1.807, 2.05) is 24.3 Å². The van der Waals surface area contributed by atoms with Gasteiger partial charge in [0.25, 0.3) is 5.91 Å². The molecular formula is C23H28F3N5O2S. The fourth-order valence-corrected chi connectivity index (χ4v) is 3.70. The molecule has 0 fully saturated rings. The minimum atomic E-state index is -4.72. The van der Waals surface area contributed by atoms with Gasteiger partial charge in [0.05, 0.1) is 23.7 Å². The third-order valence-corrected chi connectivity index (χ3v) is 5.81. The van der Waals surface area contributed by atoms with Gasteiger partial charge in [-0.25, -0.2) is 10.4 Å². The van der Waals surface area contributed by atoms with E-state index in [2.05, 4.69) is 22.7 Å². The number of benzene rings is 1. The molecule has 3 N–H and O–H groups in total. The molecule has 2 atom stereocenters. The van der Waals surface area contributed by atoms with Gasteiger partial charge in [0, 0.05) is 30.4 Å². The van der Waals surface area contributed by atoms with Crippen LogP contribution in [0.2, 0.25) is 0 Å². The number of aromatic nitrogens is 1. The van der Waals surface area contributed by atoms with Crippen LogP contribution < -0.4 is 10.7 Å². The van der Waals surface area contributed by atoms with Gasteiger partial charge < -0.3 is 15.5 Å². The first kappa shape index (κ1) is 27.5. The van der Waals surface area contributed by atoms with Gasteiger partial charge in [-0.05, 0) is 35.6 Å². The first-order valence-corrected chi connectivity index (χ1v) is 11.7. The standard InChI is InChI=1S/C23H28F3N5O2S/c1-3-31(30-21(23(24,25)26)18(11-27)15-32)14-19-8-7-17(13-28-19)22(33)29-12-16-5-9-20(10-6-16)34-4-2/h5-11,13,15,18,21,27,30H,3-4,12,14H2,1-2H3,(H,29,33). The van der Waals surface area contributed by atoms with Crippen LogP contribution in [0.25, 0.3) is 0 Å². The lowest BCUT2D eigenvalue weighted by molar-refractivity contribution is -0.176. The van der Waals surface area contributed by atoms with Gasteiger partial charge in [-0.1, -0.05) is 26.0 Å². The summed E-state index contributed by atoms with van der Waals surface area (Å²) in [5.74, 6) is -0.972. The first-order valence-electron chi connectivity index (χ1n) is 10.7. The third-order valence-electron chi connectivity index (χ3n) is 4.92. The number of pyridine rings is 1. The topological polar surface area (TPSA) is 98.2 Å². The molecule has 2 unspecified atom stereocenters. The highest BCUT2D eigenvalue weighted by Crippen LogP contribution is 2.25. The molecule has 1 aromatic heterocycles. The molecule has 0 bridgehead atoms. The third kappa shape index (κ3) is 8.23. The number of nitrogens with zero attached hydrogens (tertiary/aromatic N) is 2. The molecule has 1 heterocycles. The average molecular weight is 496 g/mol. The van der Waals surface area contributed by atoms with Crippen LogP contribution in [-0.2, 0) is 17.9 Å². The molecule has 7 nitrogen and oxygen atoms in total. The number of hydrogen-bond acceptors (Lipinski definition) is 7. The molecule has 184 valence electrons. The van der Waals surface area contributed by atoms with Crippen LogP contribution in [0.15, 0.2) is 47.5 Å². The summed E-state index contributed by atoms with van der Waals surface area (Å²) in [6, 6.07) is 8.81. The van der Waals surface area contributed by atoms with E-state index in [0.29, 0.717) is 24.0 Å². The van der Waals surface area contributed by atoms with Crippen molar-refractivity contribution < 1.29 is 22.8 Å². The van der Waals surface area contributed by atoms with Crippen LogP contribution >= 0.6 is 11.8 Å². The molecule has 0 spiro atoms. The summed E-state index contributed by atoms with van der Waals surface area (Å²) in [4.78, 5) is 28.7.